The molecule has 1 aromatic carbocycles. The number of halogens is 3. The molecule has 8 heteroatoms. The lowest BCUT2D eigenvalue weighted by Crippen LogP contribution is -2.43. The summed E-state index contributed by atoms with van der Waals surface area (Å²) in [4.78, 5) is 18.1. The quantitative estimate of drug-likeness (QED) is 0.855. The number of pyridine rings is 1. The lowest BCUT2D eigenvalue weighted by Gasteiger charge is -2.32. The fourth-order valence-corrected chi connectivity index (χ4v) is 2.84. The summed E-state index contributed by atoms with van der Waals surface area (Å²) in [5.74, 6) is 0.702. The van der Waals surface area contributed by atoms with E-state index in [2.05, 4.69) is 10.3 Å². The van der Waals surface area contributed by atoms with Crippen molar-refractivity contribution in [2.24, 2.45) is 0 Å². The smallest absolute Gasteiger partial charge is 0.416 e. The van der Waals surface area contributed by atoms with E-state index < -0.39 is 11.7 Å². The van der Waals surface area contributed by atoms with Gasteiger partial charge in [0.05, 0.1) is 11.8 Å². The monoisotopic (exact) mass is 379 g/mol. The van der Waals surface area contributed by atoms with E-state index in [0.717, 1.165) is 17.8 Å². The van der Waals surface area contributed by atoms with Crippen LogP contribution in [0.5, 0.6) is 5.75 Å². The lowest BCUT2D eigenvalue weighted by molar-refractivity contribution is -0.137. The van der Waals surface area contributed by atoms with Crippen LogP contribution in [0.1, 0.15) is 24.1 Å². The van der Waals surface area contributed by atoms with Gasteiger partial charge in [0, 0.05) is 37.3 Å². The predicted octanol–water partition coefficient (Wildman–Crippen LogP) is 4.48. The van der Waals surface area contributed by atoms with Crippen LogP contribution in [-0.4, -0.2) is 35.1 Å². The number of nitrogens with zero attached hydrogens (tertiary/aromatic N) is 2. The summed E-state index contributed by atoms with van der Waals surface area (Å²) in [6.45, 7) is 2.92. The van der Waals surface area contributed by atoms with E-state index in [1.165, 1.54) is 12.1 Å². The molecule has 0 aliphatic carbocycles. The van der Waals surface area contributed by atoms with Gasteiger partial charge < -0.3 is 15.0 Å². The maximum Gasteiger partial charge on any atom is 0.416 e. The molecule has 0 bridgehead atoms. The first-order valence-corrected chi connectivity index (χ1v) is 8.64. The minimum Gasteiger partial charge on any atom is -0.489 e. The third-order valence-electron chi connectivity index (χ3n) is 4.38. The Morgan fingerprint density at radius 3 is 2.37 bits per heavy atom. The third kappa shape index (κ3) is 5.12. The number of aromatic nitrogens is 1. The Kier molecular flexibility index (Phi) is 5.53. The number of rotatable bonds is 3. The molecular formula is C19H20F3N3O2. The Morgan fingerprint density at radius 1 is 1.15 bits per heavy atom. The number of anilines is 1. The molecule has 2 heterocycles. The molecule has 0 atom stereocenters. The summed E-state index contributed by atoms with van der Waals surface area (Å²) in [5.41, 5.74) is 0.498. The van der Waals surface area contributed by atoms with E-state index in [0.29, 0.717) is 37.4 Å². The van der Waals surface area contributed by atoms with Gasteiger partial charge in [0.25, 0.3) is 0 Å². The minimum absolute atomic E-state index is 0.00428. The normalized spacial score (nSPS) is 15.5. The van der Waals surface area contributed by atoms with E-state index in [9.17, 15) is 18.0 Å². The van der Waals surface area contributed by atoms with E-state index in [-0.39, 0.29) is 12.1 Å². The highest BCUT2D eigenvalue weighted by Crippen LogP contribution is 2.30. The van der Waals surface area contributed by atoms with Crippen molar-refractivity contribution < 1.29 is 22.7 Å². The second-order valence-corrected chi connectivity index (χ2v) is 6.44. The summed E-state index contributed by atoms with van der Waals surface area (Å²) >= 11 is 0. The van der Waals surface area contributed by atoms with Crippen LogP contribution in [0.25, 0.3) is 0 Å². The summed E-state index contributed by atoms with van der Waals surface area (Å²) in [5, 5.41) is 2.63. The number of amides is 2. The average Bonchev–Trinajstić information content (AvgIpc) is 2.64. The van der Waals surface area contributed by atoms with Crippen LogP contribution in [0.15, 0.2) is 42.6 Å². The van der Waals surface area contributed by atoms with Gasteiger partial charge in [0.2, 0.25) is 0 Å². The zero-order valence-electron chi connectivity index (χ0n) is 14.8. The van der Waals surface area contributed by atoms with Crippen LogP contribution >= 0.6 is 0 Å². The fraction of sp³-hybridized carbons (Fsp3) is 0.368. The molecule has 1 aromatic heterocycles. The van der Waals surface area contributed by atoms with Crippen LogP contribution in [-0.2, 0) is 6.18 Å². The molecule has 1 aliphatic heterocycles. The summed E-state index contributed by atoms with van der Waals surface area (Å²) in [6.07, 6.45) is -1.36. The molecule has 5 nitrogen and oxygen atoms in total. The SMILES string of the molecule is Cc1ccc(OC2CCN(C(=O)Nc3ccc(C(F)(F)F)cc3)CC2)cn1. The summed E-state index contributed by atoms with van der Waals surface area (Å²) in [6, 6.07) is 7.82. The molecule has 3 rings (SSSR count). The van der Waals surface area contributed by atoms with Gasteiger partial charge in [-0.15, -0.1) is 0 Å². The maximum absolute atomic E-state index is 12.6. The molecule has 1 aliphatic rings. The number of benzene rings is 1. The zero-order valence-corrected chi connectivity index (χ0v) is 14.8. The van der Waals surface area contributed by atoms with Gasteiger partial charge in [-0.05, 0) is 43.3 Å². The second kappa shape index (κ2) is 7.85. The van der Waals surface area contributed by atoms with Crippen LogP contribution in [0.3, 0.4) is 0 Å². The Hall–Kier alpha value is -2.77. The molecule has 1 N–H and O–H groups in total. The van der Waals surface area contributed by atoms with E-state index >= 15 is 0 Å². The molecule has 1 saturated heterocycles. The first kappa shape index (κ1) is 19.0. The summed E-state index contributed by atoms with van der Waals surface area (Å²) < 4.78 is 43.6. The highest BCUT2D eigenvalue weighted by molar-refractivity contribution is 5.89. The number of likely N-dealkylation sites (tertiary alicyclic amines) is 1. The van der Waals surface area contributed by atoms with Gasteiger partial charge in [0.15, 0.2) is 0 Å². The van der Waals surface area contributed by atoms with Gasteiger partial charge in [-0.3, -0.25) is 4.98 Å². The molecule has 2 aromatic rings. The van der Waals surface area contributed by atoms with Gasteiger partial charge in [-0.2, -0.15) is 13.2 Å². The molecule has 0 radical (unpaired) electrons. The number of urea groups is 1. The molecule has 0 unspecified atom stereocenters. The standard InChI is InChI=1S/C19H20F3N3O2/c1-13-2-7-17(12-23-13)27-16-8-10-25(11-9-16)18(26)24-15-5-3-14(4-6-15)19(20,21)22/h2-7,12,16H,8-11H2,1H3,(H,24,26). The highest BCUT2D eigenvalue weighted by Gasteiger charge is 2.30. The number of hydrogen-bond donors (Lipinski definition) is 1. The van der Waals surface area contributed by atoms with Crippen molar-refractivity contribution in [3.8, 4) is 5.75 Å². The largest absolute Gasteiger partial charge is 0.489 e. The van der Waals surface area contributed by atoms with Crippen LogP contribution < -0.4 is 10.1 Å². The van der Waals surface area contributed by atoms with Crippen LogP contribution in [0.4, 0.5) is 23.7 Å². The molecule has 1 fully saturated rings. The van der Waals surface area contributed by atoms with Crippen molar-refractivity contribution in [3.63, 3.8) is 0 Å². The number of piperidine rings is 1. The fourth-order valence-electron chi connectivity index (χ4n) is 2.84. The van der Waals surface area contributed by atoms with Gasteiger partial charge in [-0.1, -0.05) is 0 Å². The highest BCUT2D eigenvalue weighted by atomic mass is 19.4. The van der Waals surface area contributed by atoms with E-state index in [1.807, 2.05) is 19.1 Å². The minimum atomic E-state index is -4.39. The van der Waals surface area contributed by atoms with Crippen molar-refractivity contribution >= 4 is 11.7 Å². The number of nitrogens with one attached hydrogen (secondary N) is 1. The molecule has 144 valence electrons. The number of hydrogen-bond acceptors (Lipinski definition) is 3. The van der Waals surface area contributed by atoms with E-state index in [4.69, 9.17) is 4.74 Å². The number of carbonyl (C=O) groups is 1. The van der Waals surface area contributed by atoms with Crippen molar-refractivity contribution in [1.29, 1.82) is 0 Å². The van der Waals surface area contributed by atoms with Gasteiger partial charge in [0.1, 0.15) is 11.9 Å². The predicted molar refractivity (Wildman–Crippen MR) is 94.7 cm³/mol. The van der Waals surface area contributed by atoms with Crippen LogP contribution in [0, 0.1) is 6.92 Å². The first-order valence-electron chi connectivity index (χ1n) is 8.64. The number of ether oxygens (including phenoxy) is 1. The van der Waals surface area contributed by atoms with Crippen molar-refractivity contribution in [2.45, 2.75) is 32.0 Å². The lowest BCUT2D eigenvalue weighted by atomic mass is 10.1. The molecule has 0 spiro atoms. The van der Waals surface area contributed by atoms with Crippen LogP contribution in [0.2, 0.25) is 0 Å². The number of carbonyl (C=O) groups excluding carboxylic acids is 1. The van der Waals surface area contributed by atoms with E-state index in [1.54, 1.807) is 11.1 Å². The number of alkyl halides is 3. The molecule has 2 amide bonds. The maximum atomic E-state index is 12.6. The topological polar surface area (TPSA) is 54.5 Å². The second-order valence-electron chi connectivity index (χ2n) is 6.44. The molecule has 0 saturated carbocycles. The van der Waals surface area contributed by atoms with Crippen molar-refractivity contribution in [3.05, 3.63) is 53.9 Å². The Morgan fingerprint density at radius 2 is 1.81 bits per heavy atom. The Labute approximate surface area is 155 Å². The first-order chi connectivity index (χ1) is 12.8. The van der Waals surface area contributed by atoms with Crippen molar-refractivity contribution in [1.82, 2.24) is 9.88 Å². The molecular weight excluding hydrogens is 359 g/mol. The third-order valence-corrected chi connectivity index (χ3v) is 4.38. The zero-order chi connectivity index (χ0) is 19.4. The van der Waals surface area contributed by atoms with Crippen molar-refractivity contribution in [2.75, 3.05) is 18.4 Å². The number of aryl methyl sites for hydroxylation is 1. The Balaban J connectivity index is 1.49. The summed E-state index contributed by atoms with van der Waals surface area (Å²) in [7, 11) is 0. The average molecular weight is 379 g/mol. The Bertz CT molecular complexity index is 768. The molecule has 27 heavy (non-hydrogen) atoms. The van der Waals surface area contributed by atoms with Gasteiger partial charge >= 0.3 is 12.2 Å². The van der Waals surface area contributed by atoms with Gasteiger partial charge in [-0.25, -0.2) is 4.79 Å².